The van der Waals surface area contributed by atoms with Crippen molar-refractivity contribution in [1.82, 2.24) is 15.3 Å². The second-order valence-electron chi connectivity index (χ2n) is 4.88. The lowest BCUT2D eigenvalue weighted by Gasteiger charge is -2.12. The van der Waals surface area contributed by atoms with Crippen LogP contribution < -0.4 is 15.8 Å². The number of aliphatic imine (C=N–C) groups is 1. The first-order valence-electron chi connectivity index (χ1n) is 7.30. The predicted octanol–water partition coefficient (Wildman–Crippen LogP) is 3.62. The fourth-order valence-electron chi connectivity index (χ4n) is 1.92. The summed E-state index contributed by atoms with van der Waals surface area (Å²) in [5.41, 5.74) is 1.55. The van der Waals surface area contributed by atoms with Crippen molar-refractivity contribution in [3.63, 3.8) is 0 Å². The van der Waals surface area contributed by atoms with Crippen molar-refractivity contribution in [3.8, 4) is 0 Å². The van der Waals surface area contributed by atoms with Crippen molar-refractivity contribution in [2.45, 2.75) is 11.8 Å². The molecule has 2 rings (SSSR count). The Morgan fingerprint density at radius 1 is 1.44 bits per heavy atom. The largest absolute Gasteiger partial charge is 0.324 e. The highest BCUT2D eigenvalue weighted by molar-refractivity contribution is 8.08. The molecule has 0 unspecified atom stereocenters. The van der Waals surface area contributed by atoms with Gasteiger partial charge < -0.3 is 10.6 Å². The zero-order chi connectivity index (χ0) is 18.2. The van der Waals surface area contributed by atoms with Crippen LogP contribution >= 0.6 is 23.7 Å². The molecule has 0 atom stereocenters. The van der Waals surface area contributed by atoms with Crippen LogP contribution in [0, 0.1) is 5.82 Å². The molecule has 4 N–H and O–H groups in total. The Labute approximate surface area is 154 Å². The Balaban J connectivity index is 2.36. The molecular formula is C16H19FN6S2. The molecule has 132 valence electrons. The summed E-state index contributed by atoms with van der Waals surface area (Å²) >= 11 is 2.54. The minimum absolute atomic E-state index is 0.187. The number of hydrogen-bond acceptors (Lipinski definition) is 8. The average Bonchev–Trinajstić information content (AvgIpc) is 2.64. The highest BCUT2D eigenvalue weighted by Gasteiger charge is 2.15. The van der Waals surface area contributed by atoms with Gasteiger partial charge in [-0.3, -0.25) is 10.1 Å². The molecule has 0 saturated heterocycles. The van der Waals surface area contributed by atoms with Crippen LogP contribution in [-0.2, 0) is 0 Å². The molecule has 1 aromatic heterocycles. The van der Waals surface area contributed by atoms with Crippen LogP contribution in [0.4, 0.5) is 16.0 Å². The quantitative estimate of drug-likeness (QED) is 0.367. The van der Waals surface area contributed by atoms with Crippen molar-refractivity contribution >= 4 is 47.0 Å². The molecule has 6 nitrogen and oxygen atoms in total. The van der Waals surface area contributed by atoms with Crippen molar-refractivity contribution in [3.05, 3.63) is 47.7 Å². The molecule has 0 radical (unpaired) electrons. The van der Waals surface area contributed by atoms with E-state index in [0.29, 0.717) is 16.5 Å². The van der Waals surface area contributed by atoms with Gasteiger partial charge in [-0.05, 0) is 50.8 Å². The number of allylic oxidation sites excluding steroid dienone is 1. The van der Waals surface area contributed by atoms with Crippen LogP contribution in [0.2, 0.25) is 0 Å². The summed E-state index contributed by atoms with van der Waals surface area (Å²) in [6.45, 7) is 5.28. The third-order valence-electron chi connectivity index (χ3n) is 3.11. The van der Waals surface area contributed by atoms with Crippen molar-refractivity contribution in [2.75, 3.05) is 18.2 Å². The van der Waals surface area contributed by atoms with Gasteiger partial charge >= 0.3 is 0 Å². The molecule has 25 heavy (non-hydrogen) atoms. The zero-order valence-electron chi connectivity index (χ0n) is 13.9. The van der Waals surface area contributed by atoms with Crippen LogP contribution in [0.1, 0.15) is 12.6 Å². The second-order valence-corrected chi connectivity index (χ2v) is 6.57. The molecule has 2 aromatic rings. The molecule has 0 fully saturated rings. The first kappa shape index (κ1) is 19.4. The van der Waals surface area contributed by atoms with E-state index in [0.717, 1.165) is 28.7 Å². The molecule has 1 aromatic carbocycles. The third kappa shape index (κ3) is 5.27. The highest BCUT2D eigenvalue weighted by atomic mass is 32.2. The average molecular weight is 379 g/mol. The molecule has 1 heterocycles. The number of nitrogens with zero attached hydrogens (tertiary/aromatic N) is 3. The number of nitrogens with one attached hydrogen (secondary N) is 2. The summed E-state index contributed by atoms with van der Waals surface area (Å²) < 4.78 is 14.3. The number of halogens is 1. The minimum atomic E-state index is -0.515. The maximum absolute atomic E-state index is 14.3. The van der Waals surface area contributed by atoms with Crippen LogP contribution in [0.15, 0.2) is 46.0 Å². The predicted molar refractivity (Wildman–Crippen MR) is 105 cm³/mol. The van der Waals surface area contributed by atoms with E-state index in [1.165, 1.54) is 11.8 Å². The lowest BCUT2D eigenvalue weighted by atomic mass is 10.3. The molecule has 0 spiro atoms. The van der Waals surface area contributed by atoms with Crippen molar-refractivity contribution in [1.29, 1.82) is 0 Å². The first-order valence-corrected chi connectivity index (χ1v) is 9.17. The third-order valence-corrected chi connectivity index (χ3v) is 4.85. The van der Waals surface area contributed by atoms with E-state index in [4.69, 9.17) is 5.14 Å². The Bertz CT molecular complexity index is 781. The van der Waals surface area contributed by atoms with Gasteiger partial charge in [0.05, 0.1) is 16.8 Å². The number of benzene rings is 1. The maximum Gasteiger partial charge on any atom is 0.227 e. The Hall–Kier alpha value is -1.94. The number of thioether (sulfide) groups is 1. The summed E-state index contributed by atoms with van der Waals surface area (Å²) in [4.78, 5) is 13.7. The summed E-state index contributed by atoms with van der Waals surface area (Å²) in [5, 5.41) is 11.6. The molecular weight excluding hydrogens is 359 g/mol. The molecule has 0 aliphatic heterocycles. The van der Waals surface area contributed by atoms with Crippen LogP contribution in [0.3, 0.4) is 0 Å². The minimum Gasteiger partial charge on any atom is -0.324 e. The molecule has 0 aliphatic rings. The number of anilines is 2. The standard InChI is InChI=1S/C16H19FN6S2/c1-10(20-3)15(24-9-19-2)14-13(17)8-21-16(23-14)22-11-5-4-6-12(7-11)25-18/h4-8,19H,3,9,18H2,1-2H3,(H,21,22,23)/b15-10-. The van der Waals surface area contributed by atoms with Crippen LogP contribution in [0.5, 0.6) is 0 Å². The monoisotopic (exact) mass is 378 g/mol. The van der Waals surface area contributed by atoms with Gasteiger partial charge in [0.15, 0.2) is 5.82 Å². The van der Waals surface area contributed by atoms with Gasteiger partial charge in [0.2, 0.25) is 5.95 Å². The lowest BCUT2D eigenvalue weighted by Crippen LogP contribution is -2.07. The van der Waals surface area contributed by atoms with Crippen molar-refractivity contribution in [2.24, 2.45) is 10.1 Å². The number of nitrogens with two attached hydrogens (primary N) is 1. The van der Waals surface area contributed by atoms with Gasteiger partial charge in [-0.2, -0.15) is 0 Å². The Kier molecular flexibility index (Phi) is 7.38. The zero-order valence-corrected chi connectivity index (χ0v) is 15.5. The molecule has 9 heteroatoms. The van der Waals surface area contributed by atoms with Crippen molar-refractivity contribution < 1.29 is 4.39 Å². The normalized spacial score (nSPS) is 11.8. The summed E-state index contributed by atoms with van der Waals surface area (Å²) in [7, 11) is 1.81. The van der Waals surface area contributed by atoms with Gasteiger partial charge in [-0.15, -0.1) is 11.8 Å². The molecule has 0 amide bonds. The number of rotatable bonds is 8. The van der Waals surface area contributed by atoms with E-state index in [-0.39, 0.29) is 11.6 Å². The maximum atomic E-state index is 14.3. The van der Waals surface area contributed by atoms with Gasteiger partial charge in [0.1, 0.15) is 5.69 Å². The molecule has 0 saturated carbocycles. The van der Waals surface area contributed by atoms with Gasteiger partial charge in [-0.25, -0.2) is 14.4 Å². The topological polar surface area (TPSA) is 88.2 Å². The smallest absolute Gasteiger partial charge is 0.227 e. The van der Waals surface area contributed by atoms with E-state index in [2.05, 4.69) is 32.3 Å². The van der Waals surface area contributed by atoms with Gasteiger partial charge in [0.25, 0.3) is 0 Å². The van der Waals surface area contributed by atoms with Crippen LogP contribution in [-0.4, -0.2) is 29.6 Å². The SMILES string of the molecule is C=N/C(C)=C(\SCNC)c1nc(Nc2cccc(SN)c2)ncc1F. The lowest BCUT2D eigenvalue weighted by molar-refractivity contribution is 0.610. The summed E-state index contributed by atoms with van der Waals surface area (Å²) in [6, 6.07) is 7.47. The van der Waals surface area contributed by atoms with Gasteiger partial charge in [-0.1, -0.05) is 6.07 Å². The van der Waals surface area contributed by atoms with E-state index in [9.17, 15) is 4.39 Å². The number of aromatic nitrogens is 2. The number of hydrogen-bond donors (Lipinski definition) is 3. The second kappa shape index (κ2) is 9.52. The Morgan fingerprint density at radius 2 is 2.24 bits per heavy atom. The van der Waals surface area contributed by atoms with E-state index in [1.807, 2.05) is 31.3 Å². The van der Waals surface area contributed by atoms with E-state index in [1.54, 1.807) is 6.92 Å². The first-order chi connectivity index (χ1) is 12.1. The fraction of sp³-hybridized carbons (Fsp3) is 0.188. The summed E-state index contributed by atoms with van der Waals surface area (Å²) in [6.07, 6.45) is 1.14. The highest BCUT2D eigenvalue weighted by Crippen LogP contribution is 2.31. The molecule has 0 aliphatic carbocycles. The van der Waals surface area contributed by atoms with E-state index < -0.39 is 5.82 Å². The van der Waals surface area contributed by atoms with E-state index >= 15 is 0 Å². The molecule has 0 bridgehead atoms. The fourth-order valence-corrected chi connectivity index (χ4v) is 3.12. The Morgan fingerprint density at radius 3 is 2.92 bits per heavy atom. The van der Waals surface area contributed by atoms with Crippen LogP contribution in [0.25, 0.3) is 4.91 Å². The van der Waals surface area contributed by atoms with Gasteiger partial charge in [0, 0.05) is 16.5 Å². The summed E-state index contributed by atoms with van der Waals surface area (Å²) in [5.74, 6) is 0.359.